The lowest BCUT2D eigenvalue weighted by Crippen LogP contribution is -2.34. The molecule has 0 aromatic heterocycles. The van der Waals surface area contributed by atoms with Gasteiger partial charge in [-0.25, -0.2) is 0 Å². The molecule has 0 saturated carbocycles. The van der Waals surface area contributed by atoms with Crippen molar-refractivity contribution in [1.82, 2.24) is 5.32 Å². The van der Waals surface area contributed by atoms with Crippen LogP contribution in [0.4, 0.5) is 0 Å². The molecule has 7 heteroatoms. The van der Waals surface area contributed by atoms with E-state index in [2.05, 4.69) is 15.3 Å². The number of rotatable bonds is 7. The third kappa shape index (κ3) is 4.79. The number of primary amides is 1. The number of carbonyl (C=O) groups is 1. The second kappa shape index (κ2) is 7.63. The topological polar surface area (TPSA) is 104 Å². The fourth-order valence-corrected chi connectivity index (χ4v) is 1.99. The number of nitrogens with two attached hydrogens (primary N) is 1. The molecular weight excluding hydrogens is 266 g/mol. The average Bonchev–Trinajstić information content (AvgIpc) is 2.35. The third-order valence-corrected chi connectivity index (χ3v) is 2.91. The molecule has 0 saturated heterocycles. The molecule has 1 rings (SSSR count). The molecule has 0 aliphatic carbocycles. The first kappa shape index (κ1) is 15.3. The Balaban J connectivity index is 2.71. The van der Waals surface area contributed by atoms with Gasteiger partial charge in [0.25, 0.3) is 0 Å². The van der Waals surface area contributed by atoms with E-state index >= 15 is 0 Å². The Labute approximate surface area is 116 Å². The van der Waals surface area contributed by atoms with E-state index in [4.69, 9.17) is 22.9 Å². The molecule has 1 amide bonds. The summed E-state index contributed by atoms with van der Waals surface area (Å²) in [7, 11) is 0. The van der Waals surface area contributed by atoms with Gasteiger partial charge < -0.3 is 11.1 Å². The summed E-state index contributed by atoms with van der Waals surface area (Å²) in [6.07, 6.45) is 0.639. The fraction of sp³-hybridized carbons (Fsp3) is 0.417. The molecule has 3 N–H and O–H groups in total. The zero-order valence-electron chi connectivity index (χ0n) is 10.6. The van der Waals surface area contributed by atoms with Crippen molar-refractivity contribution in [1.29, 1.82) is 0 Å². The summed E-state index contributed by atoms with van der Waals surface area (Å²) < 4.78 is 0. The number of nitrogens with zero attached hydrogens (tertiary/aromatic N) is 3. The predicted octanol–water partition coefficient (Wildman–Crippen LogP) is 2.46. The molecule has 0 aliphatic rings. The van der Waals surface area contributed by atoms with Crippen LogP contribution in [0.25, 0.3) is 10.4 Å². The number of azide groups is 1. The van der Waals surface area contributed by atoms with Crippen LogP contribution in [-0.4, -0.2) is 19.0 Å². The van der Waals surface area contributed by atoms with Gasteiger partial charge in [-0.15, -0.1) is 0 Å². The van der Waals surface area contributed by atoms with Gasteiger partial charge in [0, 0.05) is 16.5 Å². The molecule has 102 valence electrons. The Morgan fingerprint density at radius 3 is 2.95 bits per heavy atom. The molecule has 1 aromatic rings. The first-order chi connectivity index (χ1) is 9.06. The number of aryl methyl sites for hydroxylation is 1. The summed E-state index contributed by atoms with van der Waals surface area (Å²) in [6.45, 7) is 2.79. The van der Waals surface area contributed by atoms with Crippen molar-refractivity contribution >= 4 is 17.5 Å². The van der Waals surface area contributed by atoms with E-state index in [1.165, 1.54) is 0 Å². The highest BCUT2D eigenvalue weighted by Gasteiger charge is 2.18. The van der Waals surface area contributed by atoms with Crippen molar-refractivity contribution < 1.29 is 4.79 Å². The van der Waals surface area contributed by atoms with Gasteiger partial charge in [0.15, 0.2) is 0 Å². The SMILES string of the molecule is Cc1cc(Cl)ccc1C(NCCCN=[N+]=[N-])C(N)=O. The van der Waals surface area contributed by atoms with Gasteiger partial charge in [0.1, 0.15) is 6.04 Å². The van der Waals surface area contributed by atoms with E-state index in [1.54, 1.807) is 18.2 Å². The molecule has 0 bridgehead atoms. The zero-order valence-corrected chi connectivity index (χ0v) is 11.4. The van der Waals surface area contributed by atoms with E-state index in [9.17, 15) is 4.79 Å². The maximum Gasteiger partial charge on any atom is 0.239 e. The highest BCUT2D eigenvalue weighted by molar-refractivity contribution is 6.30. The lowest BCUT2D eigenvalue weighted by molar-refractivity contribution is -0.120. The zero-order chi connectivity index (χ0) is 14.3. The van der Waals surface area contributed by atoms with Crippen LogP contribution in [0.2, 0.25) is 5.02 Å². The Morgan fingerprint density at radius 1 is 1.63 bits per heavy atom. The van der Waals surface area contributed by atoms with Gasteiger partial charge in [0.05, 0.1) is 0 Å². The Kier molecular flexibility index (Phi) is 6.15. The summed E-state index contributed by atoms with van der Waals surface area (Å²) in [6, 6.07) is 4.73. The van der Waals surface area contributed by atoms with Crippen LogP contribution in [0.15, 0.2) is 23.3 Å². The maximum absolute atomic E-state index is 11.5. The fourth-order valence-electron chi connectivity index (χ4n) is 1.77. The molecular formula is C12H16ClN5O. The van der Waals surface area contributed by atoms with E-state index in [-0.39, 0.29) is 0 Å². The van der Waals surface area contributed by atoms with Crippen molar-refractivity contribution in [3.8, 4) is 0 Å². The third-order valence-electron chi connectivity index (χ3n) is 2.67. The number of halogens is 1. The summed E-state index contributed by atoms with van der Waals surface area (Å²) in [5, 5.41) is 7.09. The number of benzene rings is 1. The van der Waals surface area contributed by atoms with Crippen molar-refractivity contribution in [2.45, 2.75) is 19.4 Å². The smallest absolute Gasteiger partial charge is 0.239 e. The Morgan fingerprint density at radius 2 is 2.37 bits per heavy atom. The summed E-state index contributed by atoms with van der Waals surface area (Å²) >= 11 is 5.88. The molecule has 0 heterocycles. The summed E-state index contributed by atoms with van der Waals surface area (Å²) in [4.78, 5) is 14.2. The monoisotopic (exact) mass is 281 g/mol. The van der Waals surface area contributed by atoms with E-state index < -0.39 is 11.9 Å². The average molecular weight is 282 g/mol. The van der Waals surface area contributed by atoms with Crippen molar-refractivity contribution in [3.05, 3.63) is 44.8 Å². The first-order valence-electron chi connectivity index (χ1n) is 5.86. The Hall–Kier alpha value is -1.75. The van der Waals surface area contributed by atoms with Crippen LogP contribution in [0.5, 0.6) is 0 Å². The lowest BCUT2D eigenvalue weighted by atomic mass is 10.0. The number of nitrogens with one attached hydrogen (secondary N) is 1. The largest absolute Gasteiger partial charge is 0.368 e. The van der Waals surface area contributed by atoms with Gasteiger partial charge in [-0.05, 0) is 48.7 Å². The van der Waals surface area contributed by atoms with E-state index in [0.717, 1.165) is 11.1 Å². The van der Waals surface area contributed by atoms with Crippen molar-refractivity contribution in [3.63, 3.8) is 0 Å². The number of hydrogen-bond donors (Lipinski definition) is 2. The second-order valence-corrected chi connectivity index (χ2v) is 4.53. The van der Waals surface area contributed by atoms with Crippen molar-refractivity contribution in [2.24, 2.45) is 10.8 Å². The summed E-state index contributed by atoms with van der Waals surface area (Å²) in [5.74, 6) is -0.450. The van der Waals surface area contributed by atoms with Gasteiger partial charge in [-0.3, -0.25) is 4.79 Å². The molecule has 19 heavy (non-hydrogen) atoms. The minimum Gasteiger partial charge on any atom is -0.368 e. The molecule has 0 radical (unpaired) electrons. The minimum absolute atomic E-state index is 0.384. The normalized spacial score (nSPS) is 11.7. The van der Waals surface area contributed by atoms with Gasteiger partial charge in [0.2, 0.25) is 5.91 Å². The molecule has 0 spiro atoms. The summed E-state index contributed by atoms with van der Waals surface area (Å²) in [5.41, 5.74) is 15.3. The predicted molar refractivity (Wildman–Crippen MR) is 74.8 cm³/mol. The highest BCUT2D eigenvalue weighted by atomic mass is 35.5. The molecule has 1 aromatic carbocycles. The Bertz CT molecular complexity index is 499. The molecule has 6 nitrogen and oxygen atoms in total. The van der Waals surface area contributed by atoms with Gasteiger partial charge in [-0.1, -0.05) is 22.8 Å². The maximum atomic E-state index is 11.5. The number of hydrogen-bond acceptors (Lipinski definition) is 3. The minimum atomic E-state index is -0.566. The van der Waals surface area contributed by atoms with Crippen LogP contribution < -0.4 is 11.1 Å². The van der Waals surface area contributed by atoms with Crippen LogP contribution in [0, 0.1) is 6.92 Å². The molecule has 1 atom stereocenters. The standard InChI is InChI=1S/C12H16ClN5O/c1-8-7-9(13)3-4-10(8)11(12(14)19)16-5-2-6-17-18-15/h3-4,7,11,16H,2,5-6H2,1H3,(H2,14,19). The molecule has 0 fully saturated rings. The van der Waals surface area contributed by atoms with E-state index in [0.29, 0.717) is 24.5 Å². The van der Waals surface area contributed by atoms with Gasteiger partial charge in [-0.2, -0.15) is 0 Å². The van der Waals surface area contributed by atoms with Crippen LogP contribution >= 0.6 is 11.6 Å². The van der Waals surface area contributed by atoms with Crippen LogP contribution in [0.3, 0.4) is 0 Å². The van der Waals surface area contributed by atoms with Crippen LogP contribution in [0.1, 0.15) is 23.6 Å². The van der Waals surface area contributed by atoms with Crippen molar-refractivity contribution in [2.75, 3.05) is 13.1 Å². The molecule has 1 unspecified atom stereocenters. The van der Waals surface area contributed by atoms with Gasteiger partial charge >= 0.3 is 0 Å². The quantitative estimate of drug-likeness (QED) is 0.347. The second-order valence-electron chi connectivity index (χ2n) is 4.10. The molecule has 0 aliphatic heterocycles. The number of carbonyl (C=O) groups excluding carboxylic acids is 1. The van der Waals surface area contributed by atoms with E-state index in [1.807, 2.05) is 6.92 Å². The lowest BCUT2D eigenvalue weighted by Gasteiger charge is -2.18. The number of amides is 1. The van der Waals surface area contributed by atoms with Crippen LogP contribution in [-0.2, 0) is 4.79 Å². The first-order valence-corrected chi connectivity index (χ1v) is 6.23. The highest BCUT2D eigenvalue weighted by Crippen LogP contribution is 2.21.